The highest BCUT2D eigenvalue weighted by Gasteiger charge is 2.29. The van der Waals surface area contributed by atoms with Crippen LogP contribution in [-0.2, 0) is 9.59 Å². The second-order valence-electron chi connectivity index (χ2n) is 2.49. The third-order valence-electron chi connectivity index (χ3n) is 1.65. The summed E-state index contributed by atoms with van der Waals surface area (Å²) in [4.78, 5) is 21.0. The number of carbonyl (C=O) groups is 2. The highest BCUT2D eigenvalue weighted by molar-refractivity contribution is 5.87. The van der Waals surface area contributed by atoms with Gasteiger partial charge in [0.15, 0.2) is 0 Å². The lowest BCUT2D eigenvalue weighted by Gasteiger charge is -2.22. The van der Waals surface area contributed by atoms with Crippen LogP contribution < -0.4 is 5.32 Å². The maximum atomic E-state index is 10.7. The molecule has 2 atom stereocenters. The number of hydrogen-bond donors (Lipinski definition) is 3. The van der Waals surface area contributed by atoms with Crippen molar-refractivity contribution in [2.24, 2.45) is 0 Å². The van der Waals surface area contributed by atoms with Crippen molar-refractivity contribution < 1.29 is 19.8 Å². The Labute approximate surface area is 63.0 Å². The van der Waals surface area contributed by atoms with Crippen molar-refractivity contribution in [2.45, 2.75) is 25.0 Å². The van der Waals surface area contributed by atoms with E-state index in [9.17, 15) is 9.59 Å². The SMILES string of the molecule is O=C1NC(C(=O)O)CCC1O. The molecule has 11 heavy (non-hydrogen) atoms. The Bertz CT molecular complexity index is 191. The van der Waals surface area contributed by atoms with E-state index in [2.05, 4.69) is 5.32 Å². The number of nitrogens with one attached hydrogen (secondary N) is 1. The normalized spacial score (nSPS) is 31.2. The fourth-order valence-corrected chi connectivity index (χ4v) is 0.981. The van der Waals surface area contributed by atoms with Crippen molar-refractivity contribution in [1.82, 2.24) is 5.32 Å². The van der Waals surface area contributed by atoms with Crippen LogP contribution in [0, 0.1) is 0 Å². The van der Waals surface area contributed by atoms with Gasteiger partial charge in [-0.1, -0.05) is 0 Å². The first-order valence-corrected chi connectivity index (χ1v) is 3.32. The van der Waals surface area contributed by atoms with Crippen molar-refractivity contribution in [3.8, 4) is 0 Å². The van der Waals surface area contributed by atoms with E-state index >= 15 is 0 Å². The quantitative estimate of drug-likeness (QED) is 0.444. The van der Waals surface area contributed by atoms with Gasteiger partial charge in [0, 0.05) is 0 Å². The molecule has 0 aromatic heterocycles. The number of aliphatic hydroxyl groups excluding tert-OH is 1. The predicted molar refractivity (Wildman–Crippen MR) is 34.8 cm³/mol. The first kappa shape index (κ1) is 8.00. The minimum atomic E-state index is -1.05. The summed E-state index contributed by atoms with van der Waals surface area (Å²) in [5.41, 5.74) is 0. The van der Waals surface area contributed by atoms with Crippen LogP contribution in [0.4, 0.5) is 0 Å². The van der Waals surface area contributed by atoms with E-state index < -0.39 is 24.0 Å². The molecule has 1 amide bonds. The van der Waals surface area contributed by atoms with E-state index in [1.54, 1.807) is 0 Å². The molecule has 2 unspecified atom stereocenters. The van der Waals surface area contributed by atoms with Crippen LogP contribution in [0.2, 0.25) is 0 Å². The number of piperidine rings is 1. The number of carbonyl (C=O) groups excluding carboxylic acids is 1. The summed E-state index contributed by atoms with van der Waals surface area (Å²) >= 11 is 0. The fraction of sp³-hybridized carbons (Fsp3) is 0.667. The molecule has 0 aromatic rings. The van der Waals surface area contributed by atoms with Crippen molar-refractivity contribution in [3.05, 3.63) is 0 Å². The van der Waals surface area contributed by atoms with Crippen LogP contribution in [0.5, 0.6) is 0 Å². The van der Waals surface area contributed by atoms with Crippen molar-refractivity contribution in [1.29, 1.82) is 0 Å². The Kier molecular flexibility index (Phi) is 2.09. The molecule has 0 aliphatic carbocycles. The highest BCUT2D eigenvalue weighted by Crippen LogP contribution is 2.08. The van der Waals surface area contributed by atoms with Crippen LogP contribution >= 0.6 is 0 Å². The summed E-state index contributed by atoms with van der Waals surface area (Å²) in [6.07, 6.45) is -0.518. The number of carboxylic acid groups (broad SMARTS) is 1. The molecule has 5 nitrogen and oxygen atoms in total. The summed E-state index contributed by atoms with van der Waals surface area (Å²) in [7, 11) is 0. The van der Waals surface area contributed by atoms with Gasteiger partial charge in [-0.2, -0.15) is 0 Å². The van der Waals surface area contributed by atoms with E-state index in [4.69, 9.17) is 10.2 Å². The molecule has 0 radical (unpaired) electrons. The first-order chi connectivity index (χ1) is 5.11. The molecule has 1 heterocycles. The van der Waals surface area contributed by atoms with Gasteiger partial charge in [0.2, 0.25) is 5.91 Å². The molecular weight excluding hydrogens is 150 g/mol. The molecule has 5 heteroatoms. The molecule has 1 aliphatic heterocycles. The Morgan fingerprint density at radius 2 is 2.18 bits per heavy atom. The van der Waals surface area contributed by atoms with Crippen LogP contribution in [0.15, 0.2) is 0 Å². The van der Waals surface area contributed by atoms with Gasteiger partial charge in [0.1, 0.15) is 12.1 Å². The van der Waals surface area contributed by atoms with E-state index in [1.807, 2.05) is 0 Å². The molecule has 1 saturated heterocycles. The Morgan fingerprint density at radius 3 is 2.64 bits per heavy atom. The average molecular weight is 159 g/mol. The molecule has 1 fully saturated rings. The number of hydrogen-bond acceptors (Lipinski definition) is 3. The third-order valence-corrected chi connectivity index (χ3v) is 1.65. The fourth-order valence-electron chi connectivity index (χ4n) is 0.981. The molecule has 0 saturated carbocycles. The lowest BCUT2D eigenvalue weighted by molar-refractivity contribution is -0.146. The number of aliphatic carboxylic acids is 1. The monoisotopic (exact) mass is 159 g/mol. The molecule has 0 spiro atoms. The Morgan fingerprint density at radius 1 is 1.55 bits per heavy atom. The van der Waals surface area contributed by atoms with E-state index in [0.717, 1.165) is 0 Å². The summed E-state index contributed by atoms with van der Waals surface area (Å²) in [5, 5.41) is 19.5. The summed E-state index contributed by atoms with van der Waals surface area (Å²) in [6.45, 7) is 0. The zero-order chi connectivity index (χ0) is 8.43. The van der Waals surface area contributed by atoms with Gasteiger partial charge < -0.3 is 15.5 Å². The summed E-state index contributed by atoms with van der Waals surface area (Å²) in [5.74, 6) is -1.64. The smallest absolute Gasteiger partial charge is 0.326 e. The van der Waals surface area contributed by atoms with Gasteiger partial charge >= 0.3 is 5.97 Å². The molecule has 0 bridgehead atoms. The molecule has 0 aromatic carbocycles. The van der Waals surface area contributed by atoms with Gasteiger partial charge in [-0.3, -0.25) is 4.79 Å². The number of aliphatic hydroxyl groups is 1. The van der Waals surface area contributed by atoms with Gasteiger partial charge in [-0.05, 0) is 12.8 Å². The second kappa shape index (κ2) is 2.87. The first-order valence-electron chi connectivity index (χ1n) is 3.32. The van der Waals surface area contributed by atoms with Crippen LogP contribution in [-0.4, -0.2) is 34.2 Å². The topological polar surface area (TPSA) is 86.6 Å². The number of carboxylic acids is 1. The van der Waals surface area contributed by atoms with E-state index in [0.29, 0.717) is 6.42 Å². The van der Waals surface area contributed by atoms with E-state index in [1.165, 1.54) is 0 Å². The Hall–Kier alpha value is -1.10. The van der Waals surface area contributed by atoms with Gasteiger partial charge in [0.05, 0.1) is 0 Å². The predicted octanol–water partition coefficient (Wildman–Crippen LogP) is -1.29. The van der Waals surface area contributed by atoms with Gasteiger partial charge in [0.25, 0.3) is 0 Å². The van der Waals surface area contributed by atoms with Crippen molar-refractivity contribution in [2.75, 3.05) is 0 Å². The largest absolute Gasteiger partial charge is 0.480 e. The lowest BCUT2D eigenvalue weighted by atomic mass is 10.0. The van der Waals surface area contributed by atoms with Gasteiger partial charge in [-0.15, -0.1) is 0 Å². The van der Waals surface area contributed by atoms with Crippen LogP contribution in [0.3, 0.4) is 0 Å². The molecule has 62 valence electrons. The molecule has 3 N–H and O–H groups in total. The van der Waals surface area contributed by atoms with Crippen molar-refractivity contribution >= 4 is 11.9 Å². The van der Waals surface area contributed by atoms with Gasteiger partial charge in [-0.25, -0.2) is 4.79 Å². The third kappa shape index (κ3) is 1.68. The number of rotatable bonds is 1. The van der Waals surface area contributed by atoms with Crippen LogP contribution in [0.25, 0.3) is 0 Å². The Balaban J connectivity index is 2.53. The maximum absolute atomic E-state index is 10.7. The highest BCUT2D eigenvalue weighted by atomic mass is 16.4. The summed E-state index contributed by atoms with van der Waals surface area (Å²) < 4.78 is 0. The minimum Gasteiger partial charge on any atom is -0.480 e. The standard InChI is InChI=1S/C6H9NO4/c8-4-2-1-3(6(10)11)7-5(4)9/h3-4,8H,1-2H2,(H,7,9)(H,10,11). The van der Waals surface area contributed by atoms with Crippen molar-refractivity contribution in [3.63, 3.8) is 0 Å². The zero-order valence-corrected chi connectivity index (χ0v) is 5.78. The molecule has 1 aliphatic rings. The lowest BCUT2D eigenvalue weighted by Crippen LogP contribution is -2.50. The van der Waals surface area contributed by atoms with Crippen LogP contribution in [0.1, 0.15) is 12.8 Å². The molecular formula is C6H9NO4. The average Bonchev–Trinajstić information content (AvgIpc) is 1.94. The maximum Gasteiger partial charge on any atom is 0.326 e. The zero-order valence-electron chi connectivity index (χ0n) is 5.78. The minimum absolute atomic E-state index is 0.225. The van der Waals surface area contributed by atoms with E-state index in [-0.39, 0.29) is 6.42 Å². The summed E-state index contributed by atoms with van der Waals surface area (Å²) in [6, 6.07) is -0.828. The molecule has 1 rings (SSSR count). The number of amides is 1. The second-order valence-corrected chi connectivity index (χ2v) is 2.49.